The van der Waals surface area contributed by atoms with E-state index in [1.807, 2.05) is 37.3 Å². The van der Waals surface area contributed by atoms with Crippen LogP contribution >= 0.6 is 0 Å². The molecule has 2 atom stereocenters. The number of hydrogen-bond donors (Lipinski definition) is 2. The molecule has 0 radical (unpaired) electrons. The van der Waals surface area contributed by atoms with Gasteiger partial charge in [0.25, 0.3) is 5.91 Å². The molecule has 0 aliphatic carbocycles. The molecule has 7 heteroatoms. The molecule has 0 aromatic heterocycles. The van der Waals surface area contributed by atoms with Crippen molar-refractivity contribution in [2.24, 2.45) is 0 Å². The van der Waals surface area contributed by atoms with Gasteiger partial charge in [-0.15, -0.1) is 0 Å². The first kappa shape index (κ1) is 18.6. The Morgan fingerprint density at radius 2 is 1.78 bits per heavy atom. The number of imide groups is 1. The molecule has 2 aromatic carbocycles. The summed E-state index contributed by atoms with van der Waals surface area (Å²) in [7, 11) is 0. The zero-order valence-electron chi connectivity index (χ0n) is 15.0. The van der Waals surface area contributed by atoms with Gasteiger partial charge in [-0.1, -0.05) is 42.5 Å². The molecular weight excluding hydrogens is 349 g/mol. The number of carbonyl (C=O) groups excluding carboxylic acids is 3. The van der Waals surface area contributed by atoms with Gasteiger partial charge >= 0.3 is 6.03 Å². The molecule has 140 valence electrons. The summed E-state index contributed by atoms with van der Waals surface area (Å²) in [6.45, 7) is 2.96. The number of halogens is 1. The molecule has 0 spiro atoms. The van der Waals surface area contributed by atoms with Gasteiger partial charge in [-0.25, -0.2) is 9.18 Å². The Kier molecular flexibility index (Phi) is 4.94. The van der Waals surface area contributed by atoms with Crippen LogP contribution < -0.4 is 10.6 Å². The third-order valence-corrected chi connectivity index (χ3v) is 4.68. The zero-order valence-corrected chi connectivity index (χ0v) is 15.0. The van der Waals surface area contributed by atoms with Crippen LogP contribution in [0.5, 0.6) is 0 Å². The molecule has 1 aliphatic rings. The van der Waals surface area contributed by atoms with Crippen molar-refractivity contribution < 1.29 is 18.8 Å². The number of nitrogens with zero attached hydrogens (tertiary/aromatic N) is 1. The van der Waals surface area contributed by atoms with Gasteiger partial charge in [0.1, 0.15) is 17.9 Å². The second-order valence-corrected chi connectivity index (χ2v) is 6.65. The predicted octanol–water partition coefficient (Wildman–Crippen LogP) is 2.47. The summed E-state index contributed by atoms with van der Waals surface area (Å²) in [4.78, 5) is 38.3. The van der Waals surface area contributed by atoms with Gasteiger partial charge in [0, 0.05) is 0 Å². The van der Waals surface area contributed by atoms with Gasteiger partial charge < -0.3 is 10.6 Å². The topological polar surface area (TPSA) is 78.5 Å². The van der Waals surface area contributed by atoms with E-state index in [4.69, 9.17) is 0 Å². The molecule has 0 bridgehead atoms. The highest BCUT2D eigenvalue weighted by Crippen LogP contribution is 2.28. The van der Waals surface area contributed by atoms with Crippen molar-refractivity contribution in [1.82, 2.24) is 15.5 Å². The van der Waals surface area contributed by atoms with E-state index < -0.39 is 35.7 Å². The third kappa shape index (κ3) is 3.67. The Hall–Kier alpha value is -3.22. The summed E-state index contributed by atoms with van der Waals surface area (Å²) in [5.41, 5.74) is 0.0258. The second-order valence-electron chi connectivity index (χ2n) is 6.65. The second kappa shape index (κ2) is 7.19. The molecule has 0 saturated carbocycles. The number of hydrogen-bond acceptors (Lipinski definition) is 3. The average molecular weight is 369 g/mol. The molecular formula is C20H20FN3O3. The molecule has 2 unspecified atom stereocenters. The van der Waals surface area contributed by atoms with Crippen LogP contribution in [0.2, 0.25) is 0 Å². The largest absolute Gasteiger partial charge is 0.348 e. The van der Waals surface area contributed by atoms with Crippen LogP contribution in [0.4, 0.5) is 9.18 Å². The van der Waals surface area contributed by atoms with E-state index >= 15 is 0 Å². The van der Waals surface area contributed by atoms with Crippen LogP contribution in [-0.4, -0.2) is 29.3 Å². The highest BCUT2D eigenvalue weighted by Gasteiger charge is 2.49. The van der Waals surface area contributed by atoms with Crippen molar-refractivity contribution in [3.8, 4) is 0 Å². The van der Waals surface area contributed by atoms with Crippen LogP contribution in [0.3, 0.4) is 0 Å². The van der Waals surface area contributed by atoms with Crippen molar-refractivity contribution in [3.63, 3.8) is 0 Å². The van der Waals surface area contributed by atoms with Gasteiger partial charge in [0.15, 0.2) is 0 Å². The lowest BCUT2D eigenvalue weighted by molar-refractivity contribution is -0.135. The van der Waals surface area contributed by atoms with E-state index in [1.54, 1.807) is 0 Å². The highest BCUT2D eigenvalue weighted by atomic mass is 19.1. The van der Waals surface area contributed by atoms with E-state index in [-0.39, 0.29) is 6.04 Å². The molecule has 2 N–H and O–H groups in total. The van der Waals surface area contributed by atoms with E-state index in [9.17, 15) is 18.8 Å². The van der Waals surface area contributed by atoms with Gasteiger partial charge in [-0.3, -0.25) is 14.5 Å². The first-order valence-corrected chi connectivity index (χ1v) is 8.56. The van der Waals surface area contributed by atoms with Gasteiger partial charge in [0.2, 0.25) is 5.91 Å². The number of amides is 4. The molecule has 2 aromatic rings. The molecule has 3 rings (SSSR count). The van der Waals surface area contributed by atoms with Crippen molar-refractivity contribution in [3.05, 3.63) is 71.5 Å². The molecule has 1 heterocycles. The van der Waals surface area contributed by atoms with Crippen LogP contribution in [-0.2, 0) is 15.1 Å². The minimum atomic E-state index is -1.34. The maximum absolute atomic E-state index is 13.1. The minimum Gasteiger partial charge on any atom is -0.348 e. The van der Waals surface area contributed by atoms with Gasteiger partial charge in [-0.2, -0.15) is 0 Å². The van der Waals surface area contributed by atoms with E-state index in [2.05, 4.69) is 10.6 Å². The summed E-state index contributed by atoms with van der Waals surface area (Å²) < 4.78 is 13.1. The smallest absolute Gasteiger partial charge is 0.325 e. The van der Waals surface area contributed by atoms with Crippen LogP contribution in [0, 0.1) is 5.82 Å². The van der Waals surface area contributed by atoms with Crippen molar-refractivity contribution >= 4 is 17.8 Å². The molecule has 27 heavy (non-hydrogen) atoms. The fourth-order valence-electron chi connectivity index (χ4n) is 3.08. The maximum atomic E-state index is 13.1. The zero-order chi connectivity index (χ0) is 19.6. The Morgan fingerprint density at radius 1 is 1.15 bits per heavy atom. The van der Waals surface area contributed by atoms with E-state index in [0.29, 0.717) is 5.56 Å². The molecule has 1 saturated heterocycles. The first-order chi connectivity index (χ1) is 12.8. The first-order valence-electron chi connectivity index (χ1n) is 8.56. The molecule has 4 amide bonds. The Bertz CT molecular complexity index is 870. The Morgan fingerprint density at radius 3 is 2.41 bits per heavy atom. The van der Waals surface area contributed by atoms with E-state index in [0.717, 1.165) is 10.5 Å². The van der Waals surface area contributed by atoms with Gasteiger partial charge in [-0.05, 0) is 37.1 Å². The monoisotopic (exact) mass is 369 g/mol. The molecule has 1 aliphatic heterocycles. The lowest BCUT2D eigenvalue weighted by Gasteiger charge is -2.22. The Balaban J connectivity index is 1.70. The summed E-state index contributed by atoms with van der Waals surface area (Å²) in [5, 5.41) is 5.37. The number of carbonyl (C=O) groups is 3. The maximum Gasteiger partial charge on any atom is 0.325 e. The predicted molar refractivity (Wildman–Crippen MR) is 97.0 cm³/mol. The fourth-order valence-corrected chi connectivity index (χ4v) is 3.08. The van der Waals surface area contributed by atoms with Crippen molar-refractivity contribution in [1.29, 1.82) is 0 Å². The summed E-state index contributed by atoms with van der Waals surface area (Å²) in [6, 6.07) is 13.8. The number of benzene rings is 2. The van der Waals surface area contributed by atoms with Crippen molar-refractivity contribution in [2.45, 2.75) is 25.4 Å². The average Bonchev–Trinajstić information content (AvgIpc) is 2.87. The highest BCUT2D eigenvalue weighted by molar-refractivity contribution is 6.09. The lowest BCUT2D eigenvalue weighted by Crippen LogP contribution is -2.43. The molecule has 1 fully saturated rings. The van der Waals surface area contributed by atoms with E-state index in [1.165, 1.54) is 31.2 Å². The SMILES string of the molecule is CC(NC(=O)CN1C(=O)NC(C)(c2ccc(F)cc2)C1=O)c1ccccc1. The fraction of sp³-hybridized carbons (Fsp3) is 0.250. The van der Waals surface area contributed by atoms with Crippen LogP contribution in [0.25, 0.3) is 0 Å². The van der Waals surface area contributed by atoms with Gasteiger partial charge in [0.05, 0.1) is 6.04 Å². The van der Waals surface area contributed by atoms with Crippen LogP contribution in [0.1, 0.15) is 31.0 Å². The van der Waals surface area contributed by atoms with Crippen LogP contribution in [0.15, 0.2) is 54.6 Å². The number of nitrogens with one attached hydrogen (secondary N) is 2. The summed E-state index contributed by atoms with van der Waals surface area (Å²) >= 11 is 0. The third-order valence-electron chi connectivity index (χ3n) is 4.68. The summed E-state index contributed by atoms with van der Waals surface area (Å²) in [5.74, 6) is -1.44. The van der Waals surface area contributed by atoms with Crippen molar-refractivity contribution in [2.75, 3.05) is 6.54 Å². The lowest BCUT2D eigenvalue weighted by atomic mass is 9.92. The number of urea groups is 1. The quantitative estimate of drug-likeness (QED) is 0.795. The normalized spacial score (nSPS) is 20.3. The minimum absolute atomic E-state index is 0.261. The standard InChI is InChI=1S/C20H20FN3O3/c1-13(14-6-4-3-5-7-14)22-17(25)12-24-18(26)20(2,23-19(24)27)15-8-10-16(21)11-9-15/h3-11,13H,12H2,1-2H3,(H,22,25)(H,23,27). The number of rotatable bonds is 5. The Labute approximate surface area is 156 Å². The summed E-state index contributed by atoms with van der Waals surface area (Å²) in [6.07, 6.45) is 0. The molecule has 6 nitrogen and oxygen atoms in total.